The van der Waals surface area contributed by atoms with E-state index in [0.29, 0.717) is 13.1 Å². The molecule has 0 saturated carbocycles. The number of urea groups is 1. The van der Waals surface area contributed by atoms with Crippen molar-refractivity contribution in [2.24, 2.45) is 0 Å². The first-order valence-electron chi connectivity index (χ1n) is 4.57. The predicted octanol–water partition coefficient (Wildman–Crippen LogP) is 1.08. The van der Waals surface area contributed by atoms with E-state index in [2.05, 4.69) is 4.98 Å². The van der Waals surface area contributed by atoms with Gasteiger partial charge in [-0.15, -0.1) is 0 Å². The fourth-order valence-corrected chi connectivity index (χ4v) is 1.62. The minimum absolute atomic E-state index is 0.0444. The molecule has 0 aliphatic carbocycles. The van der Waals surface area contributed by atoms with E-state index in [9.17, 15) is 4.79 Å². The van der Waals surface area contributed by atoms with Gasteiger partial charge in [0.05, 0.1) is 12.2 Å². The predicted molar refractivity (Wildman–Crippen MR) is 52.6 cm³/mol. The number of hydrogen-bond acceptors (Lipinski definition) is 2. The summed E-state index contributed by atoms with van der Waals surface area (Å²) in [6, 6.07) is 3.97. The number of rotatable bonds is 0. The van der Waals surface area contributed by atoms with E-state index in [0.717, 1.165) is 11.3 Å². The Morgan fingerprint density at radius 1 is 1.50 bits per heavy atom. The van der Waals surface area contributed by atoms with Crippen molar-refractivity contribution in [3.05, 3.63) is 29.6 Å². The van der Waals surface area contributed by atoms with Crippen molar-refractivity contribution in [2.75, 3.05) is 14.1 Å². The van der Waals surface area contributed by atoms with Crippen molar-refractivity contribution in [3.8, 4) is 0 Å². The molecule has 2 amide bonds. The largest absolute Gasteiger partial charge is 0.331 e. The summed E-state index contributed by atoms with van der Waals surface area (Å²) < 4.78 is 0. The van der Waals surface area contributed by atoms with Gasteiger partial charge in [-0.1, -0.05) is 6.07 Å². The maximum atomic E-state index is 11.6. The van der Waals surface area contributed by atoms with Crippen LogP contribution >= 0.6 is 0 Å². The molecule has 0 unspecified atom stereocenters. The third-order valence-corrected chi connectivity index (χ3v) is 2.34. The first-order valence-corrected chi connectivity index (χ1v) is 4.57. The SMILES string of the molecule is CN(C)C(=O)N1Cc2cccnc2C1. The Morgan fingerprint density at radius 2 is 2.29 bits per heavy atom. The molecule has 0 radical (unpaired) electrons. The van der Waals surface area contributed by atoms with Gasteiger partial charge in [0.15, 0.2) is 0 Å². The van der Waals surface area contributed by atoms with Crippen molar-refractivity contribution < 1.29 is 4.79 Å². The van der Waals surface area contributed by atoms with Crippen molar-refractivity contribution >= 4 is 6.03 Å². The molecule has 0 atom stereocenters. The highest BCUT2D eigenvalue weighted by Crippen LogP contribution is 2.20. The molecular weight excluding hydrogens is 178 g/mol. The number of carbonyl (C=O) groups excluding carboxylic acids is 1. The zero-order valence-electron chi connectivity index (χ0n) is 8.40. The number of nitrogens with zero attached hydrogens (tertiary/aromatic N) is 3. The summed E-state index contributed by atoms with van der Waals surface area (Å²) in [6.45, 7) is 1.31. The maximum Gasteiger partial charge on any atom is 0.320 e. The van der Waals surface area contributed by atoms with Gasteiger partial charge in [0.2, 0.25) is 0 Å². The first-order chi connectivity index (χ1) is 6.68. The highest BCUT2D eigenvalue weighted by atomic mass is 16.2. The topological polar surface area (TPSA) is 36.4 Å². The summed E-state index contributed by atoms with van der Waals surface area (Å²) in [5.74, 6) is 0. The summed E-state index contributed by atoms with van der Waals surface area (Å²) >= 11 is 0. The van der Waals surface area contributed by atoms with Gasteiger partial charge in [0.25, 0.3) is 0 Å². The zero-order chi connectivity index (χ0) is 10.1. The highest BCUT2D eigenvalue weighted by Gasteiger charge is 2.24. The molecule has 2 heterocycles. The molecule has 0 bridgehead atoms. The molecule has 0 saturated heterocycles. The van der Waals surface area contributed by atoms with E-state index < -0.39 is 0 Å². The molecule has 1 aromatic heterocycles. The minimum atomic E-state index is 0.0444. The van der Waals surface area contributed by atoms with Gasteiger partial charge in [-0.2, -0.15) is 0 Å². The van der Waals surface area contributed by atoms with Gasteiger partial charge in [0, 0.05) is 26.8 Å². The molecule has 14 heavy (non-hydrogen) atoms. The second-order valence-corrected chi connectivity index (χ2v) is 3.64. The van der Waals surface area contributed by atoms with Crippen molar-refractivity contribution in [1.29, 1.82) is 0 Å². The standard InChI is InChI=1S/C10H13N3O/c1-12(2)10(14)13-6-8-4-3-5-11-9(8)7-13/h3-5H,6-7H2,1-2H3. The highest BCUT2D eigenvalue weighted by molar-refractivity contribution is 5.74. The summed E-state index contributed by atoms with van der Waals surface area (Å²) in [4.78, 5) is 19.3. The van der Waals surface area contributed by atoms with Crippen LogP contribution < -0.4 is 0 Å². The number of hydrogen-bond donors (Lipinski definition) is 0. The molecule has 2 rings (SSSR count). The van der Waals surface area contributed by atoms with Crippen LogP contribution in [0.3, 0.4) is 0 Å². The minimum Gasteiger partial charge on any atom is -0.331 e. The molecule has 4 nitrogen and oxygen atoms in total. The molecule has 1 aliphatic heterocycles. The molecular formula is C10H13N3O. The maximum absolute atomic E-state index is 11.6. The van der Waals surface area contributed by atoms with Gasteiger partial charge in [-0.3, -0.25) is 4.98 Å². The van der Waals surface area contributed by atoms with E-state index >= 15 is 0 Å². The Bertz CT molecular complexity index is 337. The molecule has 1 aromatic rings. The van der Waals surface area contributed by atoms with Crippen LogP contribution in [0.4, 0.5) is 4.79 Å². The number of carbonyl (C=O) groups is 1. The summed E-state index contributed by atoms with van der Waals surface area (Å²) in [7, 11) is 3.53. The molecule has 0 N–H and O–H groups in total. The third kappa shape index (κ3) is 1.43. The average Bonchev–Trinajstić information content (AvgIpc) is 2.59. The van der Waals surface area contributed by atoms with E-state index in [1.807, 2.05) is 12.1 Å². The van der Waals surface area contributed by atoms with E-state index in [1.54, 1.807) is 30.1 Å². The number of pyridine rings is 1. The van der Waals surface area contributed by atoms with Gasteiger partial charge in [-0.05, 0) is 11.6 Å². The first kappa shape index (κ1) is 8.99. The van der Waals surface area contributed by atoms with Crippen molar-refractivity contribution in [1.82, 2.24) is 14.8 Å². The monoisotopic (exact) mass is 191 g/mol. The number of amides is 2. The van der Waals surface area contributed by atoms with Crippen LogP contribution in [-0.2, 0) is 13.1 Å². The van der Waals surface area contributed by atoms with Crippen LogP contribution in [0.5, 0.6) is 0 Å². The van der Waals surface area contributed by atoms with Crippen LogP contribution in [0.25, 0.3) is 0 Å². The Kier molecular flexibility index (Phi) is 2.11. The van der Waals surface area contributed by atoms with Gasteiger partial charge < -0.3 is 9.80 Å². The quantitative estimate of drug-likeness (QED) is 0.615. The lowest BCUT2D eigenvalue weighted by molar-refractivity contribution is 0.171. The van der Waals surface area contributed by atoms with Gasteiger partial charge in [-0.25, -0.2) is 4.79 Å². The normalized spacial score (nSPS) is 14.0. The van der Waals surface area contributed by atoms with Crippen LogP contribution in [0.2, 0.25) is 0 Å². The molecule has 0 fully saturated rings. The third-order valence-electron chi connectivity index (χ3n) is 2.34. The van der Waals surface area contributed by atoms with Crippen LogP contribution in [0.1, 0.15) is 11.3 Å². The Balaban J connectivity index is 2.16. The van der Waals surface area contributed by atoms with E-state index in [4.69, 9.17) is 0 Å². The smallest absolute Gasteiger partial charge is 0.320 e. The molecule has 0 aromatic carbocycles. The van der Waals surface area contributed by atoms with Gasteiger partial charge >= 0.3 is 6.03 Å². The van der Waals surface area contributed by atoms with Gasteiger partial charge in [0.1, 0.15) is 0 Å². The lowest BCUT2D eigenvalue weighted by atomic mass is 10.2. The average molecular weight is 191 g/mol. The van der Waals surface area contributed by atoms with Crippen molar-refractivity contribution in [2.45, 2.75) is 13.1 Å². The van der Waals surface area contributed by atoms with Crippen LogP contribution in [0.15, 0.2) is 18.3 Å². The second-order valence-electron chi connectivity index (χ2n) is 3.64. The van der Waals surface area contributed by atoms with Crippen LogP contribution in [0, 0.1) is 0 Å². The number of fused-ring (bicyclic) bond motifs is 1. The number of aromatic nitrogens is 1. The summed E-state index contributed by atoms with van der Waals surface area (Å²) in [5, 5.41) is 0. The summed E-state index contributed by atoms with van der Waals surface area (Å²) in [6.07, 6.45) is 1.77. The Morgan fingerprint density at radius 3 is 2.93 bits per heavy atom. The van der Waals surface area contributed by atoms with E-state index in [1.165, 1.54) is 0 Å². The molecule has 74 valence electrons. The fourth-order valence-electron chi connectivity index (χ4n) is 1.62. The lowest BCUT2D eigenvalue weighted by Crippen LogP contribution is -2.35. The van der Waals surface area contributed by atoms with Crippen molar-refractivity contribution in [3.63, 3.8) is 0 Å². The fraction of sp³-hybridized carbons (Fsp3) is 0.400. The Hall–Kier alpha value is -1.58. The zero-order valence-corrected chi connectivity index (χ0v) is 8.40. The molecule has 1 aliphatic rings. The van der Waals surface area contributed by atoms with E-state index in [-0.39, 0.29) is 6.03 Å². The van der Waals surface area contributed by atoms with Crippen LogP contribution in [-0.4, -0.2) is 34.9 Å². The Labute approximate surface area is 83.2 Å². The molecule has 0 spiro atoms. The molecule has 4 heteroatoms. The summed E-state index contributed by atoms with van der Waals surface area (Å²) in [5.41, 5.74) is 2.17. The second kappa shape index (κ2) is 3.29. The lowest BCUT2D eigenvalue weighted by Gasteiger charge is -2.20.